The number of methoxy groups -OCH3 is 1. The van der Waals surface area contributed by atoms with E-state index in [-0.39, 0.29) is 5.60 Å². The smallest absolute Gasteiger partial charge is 0.125 e. The van der Waals surface area contributed by atoms with Crippen molar-refractivity contribution in [1.29, 1.82) is 0 Å². The number of ether oxygens (including phenoxy) is 2. The van der Waals surface area contributed by atoms with Crippen LogP contribution < -0.4 is 9.47 Å². The van der Waals surface area contributed by atoms with E-state index < -0.39 is 12.2 Å². The lowest BCUT2D eigenvalue weighted by Crippen LogP contribution is -2.51. The number of hydrogen-bond acceptors (Lipinski definition) is 5. The van der Waals surface area contributed by atoms with Crippen LogP contribution in [0, 0.1) is 6.92 Å². The third-order valence-electron chi connectivity index (χ3n) is 7.45. The van der Waals surface area contributed by atoms with Crippen LogP contribution in [0.25, 0.3) is 10.9 Å². The van der Waals surface area contributed by atoms with E-state index in [4.69, 9.17) is 9.47 Å². The van der Waals surface area contributed by atoms with Gasteiger partial charge in [0.25, 0.3) is 0 Å². The van der Waals surface area contributed by atoms with Crippen LogP contribution in [0.2, 0.25) is 0 Å². The number of para-hydroxylation sites is 1. The molecule has 0 aliphatic carbocycles. The Morgan fingerprint density at radius 2 is 1.94 bits per heavy atom. The predicted octanol–water partition coefficient (Wildman–Crippen LogP) is 3.88. The second-order valence-corrected chi connectivity index (χ2v) is 9.30. The summed E-state index contributed by atoms with van der Waals surface area (Å²) in [7, 11) is 3.70. The van der Waals surface area contributed by atoms with E-state index in [0.717, 1.165) is 65.2 Å². The molecule has 2 atom stereocenters. The molecule has 1 spiro atoms. The number of aliphatic hydroxyl groups is 2. The maximum Gasteiger partial charge on any atom is 0.125 e. The van der Waals surface area contributed by atoms with Gasteiger partial charge >= 0.3 is 0 Å². The topological polar surface area (TPSA) is 67.1 Å². The van der Waals surface area contributed by atoms with Gasteiger partial charge in [0.05, 0.1) is 19.3 Å². The molecule has 1 fully saturated rings. The molecule has 5 rings (SSSR count). The van der Waals surface area contributed by atoms with Crippen molar-refractivity contribution >= 4 is 10.9 Å². The Morgan fingerprint density at radius 1 is 1.19 bits per heavy atom. The maximum atomic E-state index is 11.2. The number of fused-ring (bicyclic) bond motifs is 2. The second-order valence-electron chi connectivity index (χ2n) is 9.30. The van der Waals surface area contributed by atoms with Crippen molar-refractivity contribution in [2.75, 3.05) is 26.7 Å². The van der Waals surface area contributed by atoms with E-state index in [1.807, 2.05) is 49.5 Å². The summed E-state index contributed by atoms with van der Waals surface area (Å²) in [6, 6.07) is 13.8. The molecule has 0 amide bonds. The van der Waals surface area contributed by atoms with E-state index in [9.17, 15) is 10.2 Å². The van der Waals surface area contributed by atoms with E-state index in [1.54, 1.807) is 7.11 Å². The normalized spacial score (nSPS) is 21.3. The zero-order valence-electron chi connectivity index (χ0n) is 19.0. The molecule has 170 valence electrons. The van der Waals surface area contributed by atoms with Crippen LogP contribution in [0.3, 0.4) is 0 Å². The number of nitrogens with zero attached hydrogens (tertiary/aromatic N) is 2. The Kier molecular flexibility index (Phi) is 5.40. The first-order valence-electron chi connectivity index (χ1n) is 11.4. The van der Waals surface area contributed by atoms with Gasteiger partial charge in [-0.3, -0.25) is 0 Å². The van der Waals surface area contributed by atoms with Gasteiger partial charge in [-0.2, -0.15) is 0 Å². The van der Waals surface area contributed by atoms with Gasteiger partial charge in [-0.1, -0.05) is 18.2 Å². The molecular weight excluding hydrogens is 404 g/mol. The molecule has 2 N–H and O–H groups in total. The zero-order chi connectivity index (χ0) is 22.5. The first kappa shape index (κ1) is 21.3. The molecule has 0 unspecified atom stereocenters. The molecule has 0 bridgehead atoms. The van der Waals surface area contributed by atoms with Gasteiger partial charge in [0.15, 0.2) is 0 Å². The van der Waals surface area contributed by atoms with Crippen LogP contribution in [0.15, 0.2) is 42.5 Å². The van der Waals surface area contributed by atoms with Crippen molar-refractivity contribution in [1.82, 2.24) is 9.47 Å². The van der Waals surface area contributed by atoms with Crippen LogP contribution in [-0.4, -0.2) is 52.0 Å². The van der Waals surface area contributed by atoms with Crippen LogP contribution in [-0.2, 0) is 7.05 Å². The Morgan fingerprint density at radius 3 is 2.69 bits per heavy atom. The van der Waals surface area contributed by atoms with E-state index in [2.05, 4.69) is 16.4 Å². The second kappa shape index (κ2) is 8.10. The standard InChI is InChI=1S/C26H32N2O4/c1-17-25(20-14-18(31-3)8-9-21(20)27(17)2)23(30)16-28-12-10-26(11-13-28)15-22(29)19-6-4-5-7-24(19)32-26/h4-9,14,22-23,29-30H,10-13,15-16H2,1-3H3/t22-,23-/m1/s1. The summed E-state index contributed by atoms with van der Waals surface area (Å²) < 4.78 is 14.0. The van der Waals surface area contributed by atoms with E-state index in [0.29, 0.717) is 13.0 Å². The zero-order valence-corrected chi connectivity index (χ0v) is 19.0. The molecule has 1 aromatic heterocycles. The highest BCUT2D eigenvalue weighted by Gasteiger charge is 2.43. The summed E-state index contributed by atoms with van der Waals surface area (Å²) in [5.41, 5.74) is 3.71. The summed E-state index contributed by atoms with van der Waals surface area (Å²) in [5, 5.41) is 22.9. The fourth-order valence-electron chi connectivity index (χ4n) is 5.50. The molecule has 0 saturated carbocycles. The molecule has 6 heteroatoms. The highest BCUT2D eigenvalue weighted by Crippen LogP contribution is 2.44. The number of aryl methyl sites for hydroxylation is 1. The lowest BCUT2D eigenvalue weighted by Gasteiger charge is -2.46. The number of hydrogen-bond donors (Lipinski definition) is 2. The van der Waals surface area contributed by atoms with Crippen molar-refractivity contribution in [3.05, 3.63) is 59.3 Å². The van der Waals surface area contributed by atoms with Gasteiger partial charge in [0.2, 0.25) is 0 Å². The van der Waals surface area contributed by atoms with Gasteiger partial charge < -0.3 is 29.2 Å². The Balaban J connectivity index is 1.31. The largest absolute Gasteiger partial charge is 0.497 e. The number of piperidine rings is 1. The average Bonchev–Trinajstić information content (AvgIpc) is 3.05. The molecule has 32 heavy (non-hydrogen) atoms. The minimum atomic E-state index is -0.585. The van der Waals surface area contributed by atoms with Crippen molar-refractivity contribution in [3.63, 3.8) is 0 Å². The van der Waals surface area contributed by atoms with Crippen molar-refractivity contribution in [2.45, 2.75) is 44.0 Å². The quantitative estimate of drug-likeness (QED) is 0.650. The van der Waals surface area contributed by atoms with Crippen LogP contribution >= 0.6 is 0 Å². The van der Waals surface area contributed by atoms with Crippen LogP contribution in [0.1, 0.15) is 48.3 Å². The first-order chi connectivity index (χ1) is 15.4. The number of aliphatic hydroxyl groups excluding tert-OH is 2. The molecule has 6 nitrogen and oxygen atoms in total. The lowest BCUT2D eigenvalue weighted by molar-refractivity contribution is -0.0587. The summed E-state index contributed by atoms with van der Waals surface area (Å²) in [5.74, 6) is 1.60. The lowest BCUT2D eigenvalue weighted by atomic mass is 9.81. The summed E-state index contributed by atoms with van der Waals surface area (Å²) in [4.78, 5) is 2.31. The van der Waals surface area contributed by atoms with Gasteiger partial charge in [-0.25, -0.2) is 0 Å². The third kappa shape index (κ3) is 3.56. The highest BCUT2D eigenvalue weighted by molar-refractivity contribution is 5.87. The Labute approximate surface area is 189 Å². The number of likely N-dealkylation sites (tertiary alicyclic amines) is 1. The van der Waals surface area contributed by atoms with E-state index >= 15 is 0 Å². The molecule has 2 aromatic carbocycles. The highest BCUT2D eigenvalue weighted by atomic mass is 16.5. The van der Waals surface area contributed by atoms with Crippen molar-refractivity contribution in [2.24, 2.45) is 7.05 Å². The number of rotatable bonds is 4. The Bertz CT molecular complexity index is 1130. The summed E-state index contributed by atoms with van der Waals surface area (Å²) in [6.45, 7) is 4.30. The molecule has 1 saturated heterocycles. The monoisotopic (exact) mass is 436 g/mol. The van der Waals surface area contributed by atoms with Crippen LogP contribution in [0.4, 0.5) is 0 Å². The number of aromatic nitrogens is 1. The molecule has 0 radical (unpaired) electrons. The minimum Gasteiger partial charge on any atom is -0.497 e. The van der Waals surface area contributed by atoms with Crippen LogP contribution in [0.5, 0.6) is 11.5 Å². The Hall–Kier alpha value is -2.54. The van der Waals surface area contributed by atoms with Gasteiger partial charge in [-0.05, 0) is 44.0 Å². The third-order valence-corrected chi connectivity index (χ3v) is 7.45. The van der Waals surface area contributed by atoms with Crippen molar-refractivity contribution in [3.8, 4) is 11.5 Å². The predicted molar refractivity (Wildman–Crippen MR) is 124 cm³/mol. The minimum absolute atomic E-state index is 0.321. The van der Waals surface area contributed by atoms with Gasteiger partial charge in [0.1, 0.15) is 17.1 Å². The summed E-state index contributed by atoms with van der Waals surface area (Å²) >= 11 is 0. The van der Waals surface area contributed by atoms with E-state index in [1.165, 1.54) is 0 Å². The fraction of sp³-hybridized carbons (Fsp3) is 0.462. The molecule has 3 heterocycles. The van der Waals surface area contributed by atoms with Gasteiger partial charge in [-0.15, -0.1) is 0 Å². The number of β-amino-alcohol motifs (C(OH)–C–C–N with tert-alkyl or cyclic N) is 1. The average molecular weight is 437 g/mol. The van der Waals surface area contributed by atoms with Gasteiger partial charge in [0, 0.05) is 60.8 Å². The molecule has 2 aliphatic heterocycles. The first-order valence-corrected chi connectivity index (χ1v) is 11.4. The maximum absolute atomic E-state index is 11.2. The van der Waals surface area contributed by atoms with Crippen molar-refractivity contribution < 1.29 is 19.7 Å². The fourth-order valence-corrected chi connectivity index (χ4v) is 5.50. The number of benzene rings is 2. The molecule has 2 aliphatic rings. The molecular formula is C26H32N2O4. The SMILES string of the molecule is COc1ccc2c(c1)c([C@H](O)CN1CCC3(CC1)C[C@@H](O)c1ccccc1O3)c(C)n2C. The summed E-state index contributed by atoms with van der Waals surface area (Å²) in [6.07, 6.45) is 1.24. The molecule has 3 aromatic rings.